The Morgan fingerprint density at radius 3 is 2.83 bits per heavy atom. The number of nitriles is 1. The number of hydrogen-bond donors (Lipinski definition) is 1. The Morgan fingerprint density at radius 2 is 2.11 bits per heavy atom. The van der Waals surface area contributed by atoms with Crippen LogP contribution in [0.3, 0.4) is 0 Å². The molecule has 94 valence electrons. The molecule has 1 fully saturated rings. The van der Waals surface area contributed by atoms with Crippen LogP contribution in [0.2, 0.25) is 0 Å². The first kappa shape index (κ1) is 12.6. The molecule has 1 aromatic rings. The number of hydrogen-bond acceptors (Lipinski definition) is 2. The van der Waals surface area contributed by atoms with Crippen LogP contribution in [-0.2, 0) is 6.42 Å². The third-order valence-corrected chi connectivity index (χ3v) is 3.41. The quantitative estimate of drug-likeness (QED) is 0.886. The highest BCUT2D eigenvalue weighted by Crippen LogP contribution is 2.18. The predicted molar refractivity (Wildman–Crippen MR) is 70.1 cm³/mol. The van der Waals surface area contributed by atoms with Crippen LogP contribution < -0.4 is 5.32 Å². The number of rotatable bonds is 3. The Labute approximate surface area is 108 Å². The molecule has 0 bridgehead atoms. The lowest BCUT2D eigenvalue weighted by Crippen LogP contribution is -2.36. The van der Waals surface area contributed by atoms with Crippen molar-refractivity contribution in [2.45, 2.75) is 44.6 Å². The van der Waals surface area contributed by atoms with Gasteiger partial charge in [-0.15, -0.1) is 0 Å². The van der Waals surface area contributed by atoms with E-state index in [4.69, 9.17) is 5.26 Å². The SMILES string of the molecule is N#CCc1cccc(C(=O)NC2CCCCC2)c1. The van der Waals surface area contributed by atoms with Crippen LogP contribution in [0.1, 0.15) is 48.0 Å². The molecule has 0 aromatic heterocycles. The van der Waals surface area contributed by atoms with Crippen molar-refractivity contribution in [3.8, 4) is 6.07 Å². The highest BCUT2D eigenvalue weighted by atomic mass is 16.1. The van der Waals surface area contributed by atoms with Crippen molar-refractivity contribution in [1.29, 1.82) is 5.26 Å². The Kier molecular flexibility index (Phi) is 4.35. The highest BCUT2D eigenvalue weighted by Gasteiger charge is 2.16. The van der Waals surface area contributed by atoms with E-state index in [1.165, 1.54) is 19.3 Å². The molecule has 0 aliphatic heterocycles. The zero-order valence-corrected chi connectivity index (χ0v) is 10.5. The summed E-state index contributed by atoms with van der Waals surface area (Å²) < 4.78 is 0. The summed E-state index contributed by atoms with van der Waals surface area (Å²) in [5, 5.41) is 11.7. The van der Waals surface area contributed by atoms with Gasteiger partial charge in [-0.05, 0) is 30.5 Å². The van der Waals surface area contributed by atoms with Crippen LogP contribution in [-0.4, -0.2) is 11.9 Å². The average molecular weight is 242 g/mol. The van der Waals surface area contributed by atoms with Gasteiger partial charge in [0.15, 0.2) is 0 Å². The van der Waals surface area contributed by atoms with Crippen molar-refractivity contribution in [3.05, 3.63) is 35.4 Å². The average Bonchev–Trinajstić information content (AvgIpc) is 2.40. The van der Waals surface area contributed by atoms with E-state index in [1.54, 1.807) is 12.1 Å². The van der Waals surface area contributed by atoms with Gasteiger partial charge < -0.3 is 5.32 Å². The molecule has 3 heteroatoms. The molecule has 1 aliphatic rings. The molecule has 0 unspecified atom stereocenters. The first-order valence-corrected chi connectivity index (χ1v) is 6.56. The van der Waals surface area contributed by atoms with Crippen molar-refractivity contribution < 1.29 is 4.79 Å². The van der Waals surface area contributed by atoms with Crippen LogP contribution >= 0.6 is 0 Å². The topological polar surface area (TPSA) is 52.9 Å². The second-order valence-electron chi connectivity index (χ2n) is 4.84. The highest BCUT2D eigenvalue weighted by molar-refractivity contribution is 5.94. The summed E-state index contributed by atoms with van der Waals surface area (Å²) in [5.41, 5.74) is 1.56. The summed E-state index contributed by atoms with van der Waals surface area (Å²) in [6, 6.07) is 9.75. The summed E-state index contributed by atoms with van der Waals surface area (Å²) in [5.74, 6) is -0.0123. The Bertz CT molecular complexity index is 456. The van der Waals surface area contributed by atoms with Crippen LogP contribution in [0, 0.1) is 11.3 Å². The number of nitrogens with one attached hydrogen (secondary N) is 1. The zero-order valence-electron chi connectivity index (χ0n) is 10.5. The monoisotopic (exact) mass is 242 g/mol. The van der Waals surface area contributed by atoms with Gasteiger partial charge in [0.05, 0.1) is 12.5 Å². The van der Waals surface area contributed by atoms with Crippen LogP contribution in [0.4, 0.5) is 0 Å². The van der Waals surface area contributed by atoms with Crippen molar-refractivity contribution >= 4 is 5.91 Å². The second kappa shape index (κ2) is 6.20. The zero-order chi connectivity index (χ0) is 12.8. The maximum Gasteiger partial charge on any atom is 0.251 e. The van der Waals surface area contributed by atoms with Gasteiger partial charge >= 0.3 is 0 Å². The van der Waals surface area contributed by atoms with Gasteiger partial charge in [0.2, 0.25) is 0 Å². The van der Waals surface area contributed by atoms with E-state index in [0.717, 1.165) is 18.4 Å². The second-order valence-corrected chi connectivity index (χ2v) is 4.84. The Morgan fingerprint density at radius 1 is 1.33 bits per heavy atom. The van der Waals surface area contributed by atoms with E-state index in [9.17, 15) is 4.79 Å². The molecular formula is C15H18N2O. The molecule has 0 heterocycles. The lowest BCUT2D eigenvalue weighted by atomic mass is 9.95. The number of nitrogens with zero attached hydrogens (tertiary/aromatic N) is 1. The third-order valence-electron chi connectivity index (χ3n) is 3.41. The molecule has 1 aliphatic carbocycles. The first-order chi connectivity index (χ1) is 8.79. The lowest BCUT2D eigenvalue weighted by molar-refractivity contribution is 0.0927. The molecular weight excluding hydrogens is 224 g/mol. The van der Waals surface area contributed by atoms with E-state index in [2.05, 4.69) is 11.4 Å². The van der Waals surface area contributed by atoms with E-state index >= 15 is 0 Å². The van der Waals surface area contributed by atoms with Crippen LogP contribution in [0.25, 0.3) is 0 Å². The molecule has 0 atom stereocenters. The van der Waals surface area contributed by atoms with Crippen LogP contribution in [0.15, 0.2) is 24.3 Å². The molecule has 18 heavy (non-hydrogen) atoms. The minimum atomic E-state index is -0.0123. The summed E-state index contributed by atoms with van der Waals surface area (Å²) in [6.45, 7) is 0. The minimum absolute atomic E-state index is 0.0123. The molecule has 1 aromatic carbocycles. The first-order valence-electron chi connectivity index (χ1n) is 6.56. The van der Waals surface area contributed by atoms with Crippen molar-refractivity contribution in [3.63, 3.8) is 0 Å². The van der Waals surface area contributed by atoms with Crippen molar-refractivity contribution in [2.24, 2.45) is 0 Å². The van der Waals surface area contributed by atoms with E-state index in [1.807, 2.05) is 12.1 Å². The summed E-state index contributed by atoms with van der Waals surface area (Å²) in [6.07, 6.45) is 6.22. The van der Waals surface area contributed by atoms with Gasteiger partial charge in [-0.2, -0.15) is 5.26 Å². The minimum Gasteiger partial charge on any atom is -0.349 e. The van der Waals surface area contributed by atoms with E-state index in [0.29, 0.717) is 18.0 Å². The molecule has 1 saturated carbocycles. The molecule has 1 amide bonds. The van der Waals surface area contributed by atoms with Crippen molar-refractivity contribution in [1.82, 2.24) is 5.32 Å². The lowest BCUT2D eigenvalue weighted by Gasteiger charge is -2.22. The van der Waals surface area contributed by atoms with Gasteiger partial charge in [-0.1, -0.05) is 31.4 Å². The summed E-state index contributed by atoms with van der Waals surface area (Å²) >= 11 is 0. The maximum atomic E-state index is 12.1. The maximum absolute atomic E-state index is 12.1. The smallest absolute Gasteiger partial charge is 0.251 e. The Hall–Kier alpha value is -1.82. The number of benzene rings is 1. The molecule has 2 rings (SSSR count). The fourth-order valence-electron chi connectivity index (χ4n) is 2.43. The molecule has 1 N–H and O–H groups in total. The van der Waals surface area contributed by atoms with Crippen molar-refractivity contribution in [2.75, 3.05) is 0 Å². The number of carbonyl (C=O) groups is 1. The van der Waals surface area contributed by atoms with Gasteiger partial charge in [0.25, 0.3) is 5.91 Å². The van der Waals surface area contributed by atoms with Gasteiger partial charge in [0.1, 0.15) is 0 Å². The molecule has 3 nitrogen and oxygen atoms in total. The predicted octanol–water partition coefficient (Wildman–Crippen LogP) is 2.82. The molecule has 0 spiro atoms. The Balaban J connectivity index is 1.99. The van der Waals surface area contributed by atoms with Crippen LogP contribution in [0.5, 0.6) is 0 Å². The fraction of sp³-hybridized carbons (Fsp3) is 0.467. The summed E-state index contributed by atoms with van der Waals surface area (Å²) in [4.78, 5) is 12.1. The normalized spacial score (nSPS) is 15.9. The van der Waals surface area contributed by atoms with Gasteiger partial charge in [-0.25, -0.2) is 0 Å². The largest absolute Gasteiger partial charge is 0.349 e. The number of amides is 1. The fourth-order valence-corrected chi connectivity index (χ4v) is 2.43. The molecule has 0 saturated heterocycles. The van der Waals surface area contributed by atoms with Gasteiger partial charge in [-0.3, -0.25) is 4.79 Å². The third kappa shape index (κ3) is 3.33. The van der Waals surface area contributed by atoms with E-state index in [-0.39, 0.29) is 5.91 Å². The summed E-state index contributed by atoms with van der Waals surface area (Å²) in [7, 11) is 0. The van der Waals surface area contributed by atoms with E-state index < -0.39 is 0 Å². The number of carbonyl (C=O) groups excluding carboxylic acids is 1. The van der Waals surface area contributed by atoms with Gasteiger partial charge in [0, 0.05) is 11.6 Å². The molecule has 0 radical (unpaired) electrons. The standard InChI is InChI=1S/C15H18N2O/c16-10-9-12-5-4-6-13(11-12)15(18)17-14-7-2-1-3-8-14/h4-6,11,14H,1-3,7-9H2,(H,17,18).